The summed E-state index contributed by atoms with van der Waals surface area (Å²) in [5.41, 5.74) is 2.42. The van der Waals surface area contributed by atoms with Gasteiger partial charge in [0, 0.05) is 16.7 Å². The molecule has 194 valence electrons. The number of nitrogens with one attached hydrogen (secondary N) is 1. The van der Waals surface area contributed by atoms with Gasteiger partial charge >= 0.3 is 12.2 Å². The SMILES string of the molecule is COc1ccc(C#Cc2ccc(-c3cnc(NC(=O)OC(C)(C)C)n3C(=O)OC(C)(C)C)cc2)c(C)c1. The molecule has 2 aromatic carbocycles. The lowest BCUT2D eigenvalue weighted by molar-refractivity contribution is 0.0542. The van der Waals surface area contributed by atoms with Crippen molar-refractivity contribution in [1.29, 1.82) is 0 Å². The second-order valence-corrected chi connectivity index (χ2v) is 10.4. The number of amides is 1. The standard InChI is InChI=1S/C29H33N3O5/c1-19-17-23(35-8)16-15-21(19)12-9-20-10-13-22(14-11-20)24-18-30-25(31-26(33)36-28(2,3)4)32(24)27(34)37-29(5,6)7/h10-11,13-18H,1-8H3,(H,30,31,33). The van der Waals surface area contributed by atoms with Crippen molar-refractivity contribution in [3.63, 3.8) is 0 Å². The summed E-state index contributed by atoms with van der Waals surface area (Å²) in [6.45, 7) is 12.5. The molecule has 1 aromatic heterocycles. The fourth-order valence-electron chi connectivity index (χ4n) is 3.30. The van der Waals surface area contributed by atoms with E-state index in [4.69, 9.17) is 14.2 Å². The van der Waals surface area contributed by atoms with Crippen LogP contribution in [0.1, 0.15) is 58.2 Å². The summed E-state index contributed by atoms with van der Waals surface area (Å²) in [6.07, 6.45) is 0.0942. The fourth-order valence-corrected chi connectivity index (χ4v) is 3.30. The summed E-state index contributed by atoms with van der Waals surface area (Å²) in [7, 11) is 1.63. The molecule has 0 spiro atoms. The zero-order chi connectivity index (χ0) is 27.4. The molecule has 3 aromatic rings. The van der Waals surface area contributed by atoms with Crippen LogP contribution in [0.15, 0.2) is 48.7 Å². The molecule has 0 saturated heterocycles. The normalized spacial score (nSPS) is 11.2. The number of carbonyl (C=O) groups is 2. The van der Waals surface area contributed by atoms with E-state index in [0.717, 1.165) is 22.4 Å². The summed E-state index contributed by atoms with van der Waals surface area (Å²) in [6, 6.07) is 13.1. The minimum absolute atomic E-state index is 0.00245. The molecule has 37 heavy (non-hydrogen) atoms. The first kappa shape index (κ1) is 27.3. The van der Waals surface area contributed by atoms with Gasteiger partial charge in [-0.3, -0.25) is 5.32 Å². The Morgan fingerprint density at radius 2 is 1.57 bits per heavy atom. The lowest BCUT2D eigenvalue weighted by Gasteiger charge is -2.22. The van der Waals surface area contributed by atoms with Gasteiger partial charge in [-0.2, -0.15) is 0 Å². The summed E-state index contributed by atoms with van der Waals surface area (Å²) in [4.78, 5) is 29.7. The molecule has 0 aliphatic carbocycles. The number of nitrogens with zero attached hydrogens (tertiary/aromatic N) is 2. The van der Waals surface area contributed by atoms with Gasteiger partial charge in [0.2, 0.25) is 5.95 Å². The smallest absolute Gasteiger partial charge is 0.421 e. The van der Waals surface area contributed by atoms with E-state index < -0.39 is 23.4 Å². The van der Waals surface area contributed by atoms with Crippen LogP contribution in [-0.2, 0) is 9.47 Å². The lowest BCUT2D eigenvalue weighted by atomic mass is 10.1. The van der Waals surface area contributed by atoms with Crippen LogP contribution in [0.5, 0.6) is 5.75 Å². The molecule has 1 heterocycles. The van der Waals surface area contributed by atoms with Crippen molar-refractivity contribution < 1.29 is 23.8 Å². The molecule has 0 unspecified atom stereocenters. The third kappa shape index (κ3) is 7.61. The average molecular weight is 504 g/mol. The van der Waals surface area contributed by atoms with Gasteiger partial charge in [0.05, 0.1) is 19.0 Å². The van der Waals surface area contributed by atoms with E-state index in [2.05, 4.69) is 22.1 Å². The van der Waals surface area contributed by atoms with Crippen LogP contribution < -0.4 is 10.1 Å². The lowest BCUT2D eigenvalue weighted by Crippen LogP contribution is -2.31. The number of aromatic nitrogens is 2. The van der Waals surface area contributed by atoms with Crippen LogP contribution in [0, 0.1) is 18.8 Å². The highest BCUT2D eigenvalue weighted by atomic mass is 16.6. The molecule has 0 aliphatic rings. The topological polar surface area (TPSA) is 91.7 Å². The third-order valence-electron chi connectivity index (χ3n) is 4.91. The molecule has 0 radical (unpaired) electrons. The van der Waals surface area contributed by atoms with E-state index in [0.29, 0.717) is 11.3 Å². The van der Waals surface area contributed by atoms with Gasteiger partial charge < -0.3 is 14.2 Å². The summed E-state index contributed by atoms with van der Waals surface area (Å²) >= 11 is 0. The molecular formula is C29H33N3O5. The van der Waals surface area contributed by atoms with Crippen LogP contribution >= 0.6 is 0 Å². The Kier molecular flexibility index (Phi) is 7.97. The Morgan fingerprint density at radius 1 is 0.919 bits per heavy atom. The van der Waals surface area contributed by atoms with Gasteiger partial charge in [-0.05, 0) is 84.4 Å². The molecule has 0 saturated carbocycles. The second kappa shape index (κ2) is 10.8. The van der Waals surface area contributed by atoms with Gasteiger partial charge in [-0.1, -0.05) is 24.0 Å². The average Bonchev–Trinajstić information content (AvgIpc) is 3.19. The van der Waals surface area contributed by atoms with E-state index in [1.165, 1.54) is 10.8 Å². The van der Waals surface area contributed by atoms with E-state index in [1.807, 2.05) is 49.4 Å². The highest BCUT2D eigenvalue weighted by Gasteiger charge is 2.26. The Labute approximate surface area is 218 Å². The van der Waals surface area contributed by atoms with Gasteiger partial charge in [0.15, 0.2) is 0 Å². The third-order valence-corrected chi connectivity index (χ3v) is 4.91. The summed E-state index contributed by atoms with van der Waals surface area (Å²) < 4.78 is 17.3. The maximum absolute atomic E-state index is 13.1. The zero-order valence-corrected chi connectivity index (χ0v) is 22.6. The number of hydrogen-bond donors (Lipinski definition) is 1. The number of imidazole rings is 1. The van der Waals surface area contributed by atoms with Gasteiger partial charge in [0.1, 0.15) is 17.0 Å². The fraction of sp³-hybridized carbons (Fsp3) is 0.345. The number of hydrogen-bond acceptors (Lipinski definition) is 6. The minimum Gasteiger partial charge on any atom is -0.497 e. The monoisotopic (exact) mass is 503 g/mol. The van der Waals surface area contributed by atoms with Crippen LogP contribution in [0.25, 0.3) is 11.3 Å². The zero-order valence-electron chi connectivity index (χ0n) is 22.6. The first-order chi connectivity index (χ1) is 17.3. The molecule has 1 N–H and O–H groups in total. The van der Waals surface area contributed by atoms with Crippen LogP contribution in [0.3, 0.4) is 0 Å². The highest BCUT2D eigenvalue weighted by molar-refractivity contribution is 5.89. The number of rotatable bonds is 3. The molecule has 8 heteroatoms. The van der Waals surface area contributed by atoms with Crippen molar-refractivity contribution in [2.45, 2.75) is 59.7 Å². The quantitative estimate of drug-likeness (QED) is 0.416. The van der Waals surface area contributed by atoms with E-state index in [9.17, 15) is 9.59 Å². The minimum atomic E-state index is -0.749. The number of anilines is 1. The molecule has 0 fully saturated rings. The van der Waals surface area contributed by atoms with Crippen LogP contribution in [0.2, 0.25) is 0 Å². The first-order valence-electron chi connectivity index (χ1n) is 11.8. The molecule has 0 atom stereocenters. The Hall–Kier alpha value is -4.25. The molecule has 3 rings (SSSR count). The summed E-state index contributed by atoms with van der Waals surface area (Å²) in [5.74, 6) is 7.13. The molecule has 1 amide bonds. The van der Waals surface area contributed by atoms with Crippen molar-refractivity contribution in [1.82, 2.24) is 9.55 Å². The number of aryl methyl sites for hydroxylation is 1. The van der Waals surface area contributed by atoms with Gasteiger partial charge in [-0.25, -0.2) is 19.1 Å². The molecule has 8 nitrogen and oxygen atoms in total. The summed E-state index contributed by atoms with van der Waals surface area (Å²) in [5, 5.41) is 2.55. The first-order valence-corrected chi connectivity index (χ1v) is 11.8. The van der Waals surface area contributed by atoms with Crippen LogP contribution in [0.4, 0.5) is 15.5 Å². The predicted octanol–water partition coefficient (Wildman–Crippen LogP) is 6.40. The van der Waals surface area contributed by atoms with Crippen LogP contribution in [-0.4, -0.2) is 40.0 Å². The molecule has 0 bridgehead atoms. The maximum atomic E-state index is 13.1. The Balaban J connectivity index is 1.92. The predicted molar refractivity (Wildman–Crippen MR) is 143 cm³/mol. The van der Waals surface area contributed by atoms with Crippen molar-refractivity contribution in [2.24, 2.45) is 0 Å². The van der Waals surface area contributed by atoms with Crippen molar-refractivity contribution >= 4 is 18.1 Å². The maximum Gasteiger partial charge on any atom is 0.421 e. The number of benzene rings is 2. The largest absolute Gasteiger partial charge is 0.497 e. The Bertz CT molecular complexity index is 1350. The number of ether oxygens (including phenoxy) is 3. The van der Waals surface area contributed by atoms with E-state index in [1.54, 1.807) is 48.7 Å². The molecule has 0 aliphatic heterocycles. The van der Waals surface area contributed by atoms with Crippen molar-refractivity contribution in [3.05, 3.63) is 65.4 Å². The second-order valence-electron chi connectivity index (χ2n) is 10.4. The highest BCUT2D eigenvalue weighted by Crippen LogP contribution is 2.26. The van der Waals surface area contributed by atoms with E-state index in [-0.39, 0.29) is 5.95 Å². The molecular weight excluding hydrogens is 470 g/mol. The van der Waals surface area contributed by atoms with Gasteiger partial charge in [0.25, 0.3) is 0 Å². The van der Waals surface area contributed by atoms with Crippen molar-refractivity contribution in [2.75, 3.05) is 12.4 Å². The van der Waals surface area contributed by atoms with Crippen molar-refractivity contribution in [3.8, 4) is 28.8 Å². The van der Waals surface area contributed by atoms with Gasteiger partial charge in [-0.15, -0.1) is 0 Å². The van der Waals surface area contributed by atoms with E-state index >= 15 is 0 Å². The Morgan fingerprint density at radius 3 is 2.14 bits per heavy atom. The number of carbonyl (C=O) groups excluding carboxylic acids is 2. The number of methoxy groups -OCH3 is 1.